The van der Waals surface area contributed by atoms with Crippen LogP contribution >= 0.6 is 24.8 Å². The summed E-state index contributed by atoms with van der Waals surface area (Å²) >= 11 is 0. The summed E-state index contributed by atoms with van der Waals surface area (Å²) < 4.78 is 0. The smallest absolute Gasteiger partial charge is 0.0728 e. The Balaban J connectivity index is 0.00000168. The molecule has 3 aliphatic rings. The molecule has 1 unspecified atom stereocenters. The van der Waals surface area contributed by atoms with Crippen LogP contribution in [0.4, 0.5) is 5.69 Å². The van der Waals surface area contributed by atoms with Crippen molar-refractivity contribution in [1.29, 1.82) is 0 Å². The highest BCUT2D eigenvalue weighted by atomic mass is 35.5. The third-order valence-corrected chi connectivity index (χ3v) is 9.40. The minimum Gasteiger partial charge on any atom is -0.389 e. The molecule has 1 aliphatic carbocycles. The van der Waals surface area contributed by atoms with Gasteiger partial charge in [-0.25, -0.2) is 0 Å². The van der Waals surface area contributed by atoms with E-state index in [2.05, 4.69) is 76.5 Å². The first-order valence-electron chi connectivity index (χ1n) is 14.5. The molecule has 0 aromatic heterocycles. The average Bonchev–Trinajstić information content (AvgIpc) is 3.47. The van der Waals surface area contributed by atoms with Gasteiger partial charge in [0.2, 0.25) is 0 Å². The van der Waals surface area contributed by atoms with Crippen molar-refractivity contribution in [3.63, 3.8) is 0 Å². The van der Waals surface area contributed by atoms with Crippen molar-refractivity contribution < 1.29 is 5.11 Å². The van der Waals surface area contributed by atoms with Crippen molar-refractivity contribution in [2.75, 3.05) is 37.6 Å². The lowest BCUT2D eigenvalue weighted by molar-refractivity contribution is -0.0324. The molecule has 1 saturated carbocycles. The predicted molar refractivity (Wildman–Crippen MR) is 166 cm³/mol. The van der Waals surface area contributed by atoms with E-state index in [1.54, 1.807) is 5.56 Å². The van der Waals surface area contributed by atoms with Crippen molar-refractivity contribution in [2.45, 2.75) is 75.2 Å². The van der Waals surface area contributed by atoms with E-state index in [0.29, 0.717) is 5.92 Å². The Morgan fingerprint density at radius 1 is 0.737 bits per heavy atom. The Bertz CT molecular complexity index is 1160. The zero-order chi connectivity index (χ0) is 24.4. The molecule has 3 aromatic carbocycles. The van der Waals surface area contributed by atoms with Crippen LogP contribution in [-0.4, -0.2) is 48.3 Å². The summed E-state index contributed by atoms with van der Waals surface area (Å²) in [5.74, 6) is 0.825. The van der Waals surface area contributed by atoms with E-state index in [1.807, 2.05) is 0 Å². The highest BCUT2D eigenvalue weighted by Gasteiger charge is 2.40. The summed E-state index contributed by atoms with van der Waals surface area (Å²) in [5, 5.41) is 14.5. The number of piperidine rings is 1. The zero-order valence-electron chi connectivity index (χ0n) is 22.6. The lowest BCUT2D eigenvalue weighted by Crippen LogP contribution is -2.46. The summed E-state index contributed by atoms with van der Waals surface area (Å²) in [4.78, 5) is 5.26. The second-order valence-corrected chi connectivity index (χ2v) is 11.7. The van der Waals surface area contributed by atoms with Gasteiger partial charge in [-0.1, -0.05) is 79.9 Å². The summed E-state index contributed by atoms with van der Waals surface area (Å²) in [6.45, 7) is 5.64. The van der Waals surface area contributed by atoms with Gasteiger partial charge in [0.05, 0.1) is 5.60 Å². The molecule has 0 spiro atoms. The van der Waals surface area contributed by atoms with Gasteiger partial charge in [-0.2, -0.15) is 0 Å². The van der Waals surface area contributed by atoms with Crippen LogP contribution in [0.2, 0.25) is 0 Å². The monoisotopic (exact) mass is 554 g/mol. The first-order valence-corrected chi connectivity index (χ1v) is 14.5. The van der Waals surface area contributed by atoms with Gasteiger partial charge in [-0.3, -0.25) is 0 Å². The molecular formula is C33H44Cl2N2O. The van der Waals surface area contributed by atoms with Gasteiger partial charge in [0.1, 0.15) is 0 Å². The van der Waals surface area contributed by atoms with Crippen LogP contribution < -0.4 is 4.90 Å². The van der Waals surface area contributed by atoms with Crippen molar-refractivity contribution in [1.82, 2.24) is 4.90 Å². The highest BCUT2D eigenvalue weighted by Crippen LogP contribution is 2.42. The van der Waals surface area contributed by atoms with Gasteiger partial charge in [-0.05, 0) is 85.5 Å². The quantitative estimate of drug-likeness (QED) is 0.335. The topological polar surface area (TPSA) is 26.7 Å². The number of rotatable bonds is 6. The molecule has 206 valence electrons. The zero-order valence-corrected chi connectivity index (χ0v) is 24.2. The first-order chi connectivity index (χ1) is 17.7. The van der Waals surface area contributed by atoms with Crippen molar-refractivity contribution in [3.05, 3.63) is 77.9 Å². The molecule has 2 heterocycles. The summed E-state index contributed by atoms with van der Waals surface area (Å²) in [5.41, 5.74) is 3.79. The van der Waals surface area contributed by atoms with Crippen LogP contribution in [0.25, 0.3) is 10.8 Å². The maximum absolute atomic E-state index is 11.9. The van der Waals surface area contributed by atoms with Crippen LogP contribution in [0.5, 0.6) is 0 Å². The van der Waals surface area contributed by atoms with Gasteiger partial charge in [0.15, 0.2) is 0 Å². The van der Waals surface area contributed by atoms with Crippen molar-refractivity contribution in [2.24, 2.45) is 0 Å². The Morgan fingerprint density at radius 3 is 2.13 bits per heavy atom. The SMILES string of the molecule is Cl.Cl.OC1(C(CN2CCC(c3ccccc3N3CCCC3)CC2)c2ccc3ccccc3c2)CCCCC1. The minimum atomic E-state index is -0.583. The minimum absolute atomic E-state index is 0. The molecular weight excluding hydrogens is 511 g/mol. The van der Waals surface area contributed by atoms with Crippen LogP contribution in [0, 0.1) is 0 Å². The molecule has 3 fully saturated rings. The van der Waals surface area contributed by atoms with Crippen LogP contribution in [-0.2, 0) is 0 Å². The van der Waals surface area contributed by atoms with Crippen molar-refractivity contribution in [3.8, 4) is 0 Å². The predicted octanol–water partition coefficient (Wildman–Crippen LogP) is 7.94. The Morgan fingerprint density at radius 2 is 1.39 bits per heavy atom. The largest absolute Gasteiger partial charge is 0.389 e. The van der Waals surface area contributed by atoms with Gasteiger partial charge in [0.25, 0.3) is 0 Å². The Hall–Kier alpha value is -1.78. The van der Waals surface area contributed by atoms with E-state index in [1.165, 1.54) is 67.2 Å². The Kier molecular flexibility index (Phi) is 10.0. The molecule has 38 heavy (non-hydrogen) atoms. The lowest BCUT2D eigenvalue weighted by atomic mass is 9.72. The molecule has 1 N–H and O–H groups in total. The van der Waals surface area contributed by atoms with E-state index < -0.39 is 5.60 Å². The number of halogens is 2. The van der Waals surface area contributed by atoms with E-state index >= 15 is 0 Å². The second-order valence-electron chi connectivity index (χ2n) is 11.7. The van der Waals surface area contributed by atoms with Crippen molar-refractivity contribution >= 4 is 41.3 Å². The normalized spacial score (nSPS) is 21.0. The number of benzene rings is 3. The number of likely N-dealkylation sites (tertiary alicyclic amines) is 1. The highest BCUT2D eigenvalue weighted by molar-refractivity contribution is 5.85. The third-order valence-electron chi connectivity index (χ3n) is 9.40. The standard InChI is InChI=1S/C33H42N2O.2ClH/c36-33(18-6-1-7-19-33)31(29-15-14-26-10-2-3-11-28(26)24-29)25-34-22-16-27(17-23-34)30-12-4-5-13-32(30)35-20-8-9-21-35;;/h2-5,10-15,24,27,31,36H,1,6-9,16-23,25H2;2*1H. The fourth-order valence-electron chi connectivity index (χ4n) is 7.29. The van der Waals surface area contributed by atoms with Crippen LogP contribution in [0.3, 0.4) is 0 Å². The molecule has 0 amide bonds. The number of nitrogens with zero attached hydrogens (tertiary/aromatic N) is 2. The van der Waals surface area contributed by atoms with Gasteiger partial charge < -0.3 is 14.9 Å². The van der Waals surface area contributed by atoms with E-state index in [4.69, 9.17) is 0 Å². The molecule has 3 aromatic rings. The van der Waals surface area contributed by atoms with Crippen LogP contribution in [0.1, 0.15) is 80.8 Å². The van der Waals surface area contributed by atoms with Gasteiger partial charge >= 0.3 is 0 Å². The summed E-state index contributed by atoms with van der Waals surface area (Å²) in [6, 6.07) is 24.7. The maximum atomic E-state index is 11.9. The molecule has 2 saturated heterocycles. The molecule has 0 radical (unpaired) electrons. The number of anilines is 1. The number of fused-ring (bicyclic) bond motifs is 1. The molecule has 5 heteroatoms. The molecule has 1 atom stereocenters. The molecule has 2 aliphatic heterocycles. The second kappa shape index (κ2) is 13.0. The number of hydrogen-bond donors (Lipinski definition) is 1. The summed E-state index contributed by atoms with van der Waals surface area (Å²) in [7, 11) is 0. The van der Waals surface area contributed by atoms with Gasteiger partial charge in [-0.15, -0.1) is 24.8 Å². The fraction of sp³-hybridized carbons (Fsp3) is 0.515. The third kappa shape index (κ3) is 6.17. The summed E-state index contributed by atoms with van der Waals surface area (Å²) in [6.07, 6.45) is 10.5. The molecule has 6 rings (SSSR count). The average molecular weight is 556 g/mol. The van der Waals surface area contributed by atoms with E-state index in [9.17, 15) is 5.11 Å². The fourth-order valence-corrected chi connectivity index (χ4v) is 7.29. The first kappa shape index (κ1) is 29.2. The Labute approximate surface area is 241 Å². The number of para-hydroxylation sites is 1. The number of aliphatic hydroxyl groups is 1. The number of hydrogen-bond acceptors (Lipinski definition) is 3. The van der Waals surface area contributed by atoms with E-state index in [0.717, 1.165) is 45.3 Å². The van der Waals surface area contributed by atoms with Crippen LogP contribution in [0.15, 0.2) is 66.7 Å². The molecule has 3 nitrogen and oxygen atoms in total. The maximum Gasteiger partial charge on any atom is 0.0728 e. The van der Waals surface area contributed by atoms with Gasteiger partial charge in [0, 0.05) is 31.2 Å². The molecule has 0 bridgehead atoms. The lowest BCUT2D eigenvalue weighted by Gasteiger charge is -2.43. The van der Waals surface area contributed by atoms with E-state index in [-0.39, 0.29) is 30.7 Å².